The van der Waals surface area contributed by atoms with Crippen LogP contribution in [0.2, 0.25) is 0 Å². The molecule has 4 atom stereocenters. The number of hydrazone groups is 1. The number of rotatable bonds is 10. The highest BCUT2D eigenvalue weighted by Gasteiger charge is 2.56. The van der Waals surface area contributed by atoms with Crippen molar-refractivity contribution in [1.29, 1.82) is 0 Å². The van der Waals surface area contributed by atoms with Gasteiger partial charge >= 0.3 is 0 Å². The van der Waals surface area contributed by atoms with Crippen LogP contribution in [0.15, 0.2) is 93.8 Å². The maximum atomic E-state index is 14.3. The predicted molar refractivity (Wildman–Crippen MR) is 182 cm³/mol. The van der Waals surface area contributed by atoms with Crippen molar-refractivity contribution in [3.05, 3.63) is 89.5 Å². The minimum atomic E-state index is -1.05. The third kappa shape index (κ3) is 5.92. The summed E-state index contributed by atoms with van der Waals surface area (Å²) in [6.45, 7) is 4.76. The van der Waals surface area contributed by atoms with Crippen LogP contribution < -0.4 is 19.1 Å². The standard InChI is InChI=1S/C37H38N6O6/c1-4-48-26-17-13-23(14-18-26)21-25-9-8-10-28-32(25)39-43(34(28)24-15-19-27(20-16-24)49-5-2)31(44)22-41-35-33(38-40-41)36(45)42(37(35)46)29-11-6-7-12-30(29)47-3/h6-7,11-21,28,33-35H,4-5,8-10,22H2,1-3H3/b25-21+. The molecule has 0 aromatic heterocycles. The van der Waals surface area contributed by atoms with E-state index in [4.69, 9.17) is 19.3 Å². The molecule has 4 aliphatic rings. The molecule has 12 heteroatoms. The first-order valence-corrected chi connectivity index (χ1v) is 16.7. The van der Waals surface area contributed by atoms with E-state index in [2.05, 4.69) is 16.4 Å². The fourth-order valence-electron chi connectivity index (χ4n) is 7.11. The van der Waals surface area contributed by atoms with Gasteiger partial charge in [-0.1, -0.05) is 41.6 Å². The molecule has 0 spiro atoms. The van der Waals surface area contributed by atoms with E-state index in [0.717, 1.165) is 58.1 Å². The summed E-state index contributed by atoms with van der Waals surface area (Å²) in [7, 11) is 1.48. The van der Waals surface area contributed by atoms with Gasteiger partial charge < -0.3 is 14.2 Å². The monoisotopic (exact) mass is 662 g/mol. The molecule has 3 amide bonds. The summed E-state index contributed by atoms with van der Waals surface area (Å²) < 4.78 is 16.7. The Hall–Kier alpha value is -5.52. The van der Waals surface area contributed by atoms with Crippen molar-refractivity contribution in [2.24, 2.45) is 21.4 Å². The van der Waals surface area contributed by atoms with E-state index in [1.165, 1.54) is 17.1 Å². The van der Waals surface area contributed by atoms with Crippen molar-refractivity contribution in [3.8, 4) is 17.2 Å². The zero-order valence-electron chi connectivity index (χ0n) is 27.7. The number of ether oxygens (including phenoxy) is 3. The van der Waals surface area contributed by atoms with Crippen LogP contribution in [-0.2, 0) is 14.4 Å². The second-order valence-electron chi connectivity index (χ2n) is 12.2. The fraction of sp³-hybridized carbons (Fsp3) is 0.351. The van der Waals surface area contributed by atoms with Crippen molar-refractivity contribution < 1.29 is 28.6 Å². The summed E-state index contributed by atoms with van der Waals surface area (Å²) in [4.78, 5) is 42.5. The second kappa shape index (κ2) is 13.5. The molecule has 0 bridgehead atoms. The molecule has 3 aliphatic heterocycles. The highest BCUT2D eigenvalue weighted by Crippen LogP contribution is 2.45. The molecule has 1 saturated heterocycles. The molecule has 3 aromatic carbocycles. The van der Waals surface area contributed by atoms with Gasteiger partial charge in [0.25, 0.3) is 17.7 Å². The lowest BCUT2D eigenvalue weighted by atomic mass is 9.77. The first-order valence-electron chi connectivity index (χ1n) is 16.7. The number of carbonyl (C=O) groups is 3. The Kier molecular flexibility index (Phi) is 8.85. The van der Waals surface area contributed by atoms with Crippen molar-refractivity contribution in [2.45, 2.75) is 51.2 Å². The number of nitrogens with zero attached hydrogens (tertiary/aromatic N) is 6. The van der Waals surface area contributed by atoms with Crippen LogP contribution in [-0.4, -0.2) is 72.4 Å². The number of benzene rings is 3. The van der Waals surface area contributed by atoms with Gasteiger partial charge in [-0.3, -0.25) is 19.4 Å². The van der Waals surface area contributed by atoms with Gasteiger partial charge in [0.05, 0.1) is 37.8 Å². The van der Waals surface area contributed by atoms with Gasteiger partial charge in [0.1, 0.15) is 23.8 Å². The third-order valence-corrected chi connectivity index (χ3v) is 9.30. The zero-order valence-corrected chi connectivity index (χ0v) is 27.7. The number of fused-ring (bicyclic) bond motifs is 2. The minimum absolute atomic E-state index is 0.0340. The fourth-order valence-corrected chi connectivity index (χ4v) is 7.11. The highest BCUT2D eigenvalue weighted by molar-refractivity contribution is 6.26. The van der Waals surface area contributed by atoms with Crippen LogP contribution in [0.3, 0.4) is 0 Å². The lowest BCUT2D eigenvalue weighted by Gasteiger charge is -2.30. The molecule has 49 heavy (non-hydrogen) atoms. The van der Waals surface area contributed by atoms with E-state index in [-0.39, 0.29) is 24.4 Å². The molecular formula is C37H38N6O6. The Morgan fingerprint density at radius 3 is 2.29 bits per heavy atom. The largest absolute Gasteiger partial charge is 0.495 e. The third-order valence-electron chi connectivity index (χ3n) is 9.30. The minimum Gasteiger partial charge on any atom is -0.495 e. The zero-order chi connectivity index (χ0) is 34.1. The Morgan fingerprint density at radius 1 is 0.898 bits per heavy atom. The topological polar surface area (TPSA) is 126 Å². The molecule has 2 fully saturated rings. The normalized spacial score (nSPS) is 23.5. The van der Waals surface area contributed by atoms with Crippen LogP contribution in [0, 0.1) is 5.92 Å². The van der Waals surface area contributed by atoms with Crippen molar-refractivity contribution in [1.82, 2.24) is 10.0 Å². The molecule has 12 nitrogen and oxygen atoms in total. The molecule has 1 aliphatic carbocycles. The van der Waals surface area contributed by atoms with Crippen LogP contribution >= 0.6 is 0 Å². The van der Waals surface area contributed by atoms with Gasteiger partial charge in [-0.05, 0) is 92.3 Å². The molecule has 4 unspecified atom stereocenters. The predicted octanol–water partition coefficient (Wildman–Crippen LogP) is 5.61. The quantitative estimate of drug-likeness (QED) is 0.259. The summed E-state index contributed by atoms with van der Waals surface area (Å²) in [6, 6.07) is 20.1. The van der Waals surface area contributed by atoms with Crippen molar-refractivity contribution in [2.75, 3.05) is 31.8 Å². The summed E-state index contributed by atoms with van der Waals surface area (Å²) in [5, 5.41) is 16.1. The molecule has 3 aromatic rings. The molecule has 0 N–H and O–H groups in total. The Labute approximate surface area is 284 Å². The number of carbonyl (C=O) groups excluding carboxylic acids is 3. The molecular weight excluding hydrogens is 624 g/mol. The van der Waals surface area contributed by atoms with Crippen LogP contribution in [0.1, 0.15) is 50.3 Å². The Morgan fingerprint density at radius 2 is 1.59 bits per heavy atom. The average Bonchev–Trinajstić information content (AvgIpc) is 3.79. The lowest BCUT2D eigenvalue weighted by molar-refractivity contribution is -0.136. The van der Waals surface area contributed by atoms with Crippen LogP contribution in [0.4, 0.5) is 5.69 Å². The number of imide groups is 1. The van der Waals surface area contributed by atoms with Gasteiger partial charge in [0.2, 0.25) is 0 Å². The number of allylic oxidation sites excluding steroid dienone is 1. The van der Waals surface area contributed by atoms with Crippen LogP contribution in [0.25, 0.3) is 6.08 Å². The van der Waals surface area contributed by atoms with Crippen molar-refractivity contribution in [3.63, 3.8) is 0 Å². The number of methoxy groups -OCH3 is 1. The molecule has 0 radical (unpaired) electrons. The number of amides is 3. The Bertz CT molecular complexity index is 1840. The first kappa shape index (κ1) is 32.0. The highest BCUT2D eigenvalue weighted by atomic mass is 16.5. The number of hydrogen-bond donors (Lipinski definition) is 0. The maximum absolute atomic E-state index is 14.3. The van der Waals surface area contributed by atoms with Gasteiger partial charge in [-0.25, -0.2) is 9.91 Å². The van der Waals surface area contributed by atoms with E-state index in [1.54, 1.807) is 24.3 Å². The molecule has 7 rings (SSSR count). The van der Waals surface area contributed by atoms with E-state index < -0.39 is 23.9 Å². The van der Waals surface area contributed by atoms with Gasteiger partial charge in [0.15, 0.2) is 12.1 Å². The smallest absolute Gasteiger partial charge is 0.264 e. The molecule has 1 saturated carbocycles. The SMILES string of the molecule is CCOc1ccc(/C=C2\CCCC3C2=NN(C(=O)CN2N=NC4C(=O)N(c5ccccc5OC)C(=O)C42)C3c2ccc(OCC)cc2)cc1. The Balaban J connectivity index is 1.18. The van der Waals surface area contributed by atoms with Crippen LogP contribution in [0.5, 0.6) is 17.2 Å². The van der Waals surface area contributed by atoms with E-state index >= 15 is 0 Å². The molecule has 252 valence electrons. The van der Waals surface area contributed by atoms with E-state index in [9.17, 15) is 14.4 Å². The van der Waals surface area contributed by atoms with Crippen molar-refractivity contribution >= 4 is 35.2 Å². The van der Waals surface area contributed by atoms with Gasteiger partial charge in [-0.2, -0.15) is 10.2 Å². The lowest BCUT2D eigenvalue weighted by Crippen LogP contribution is -2.45. The number of para-hydroxylation sites is 2. The summed E-state index contributed by atoms with van der Waals surface area (Å²) in [5.74, 6) is 0.530. The number of anilines is 1. The van der Waals surface area contributed by atoms with E-state index in [0.29, 0.717) is 24.7 Å². The second-order valence-corrected chi connectivity index (χ2v) is 12.2. The van der Waals surface area contributed by atoms with E-state index in [1.807, 2.05) is 62.4 Å². The maximum Gasteiger partial charge on any atom is 0.264 e. The van der Waals surface area contributed by atoms with Gasteiger partial charge in [-0.15, -0.1) is 0 Å². The number of hydrogen-bond acceptors (Lipinski definition) is 10. The summed E-state index contributed by atoms with van der Waals surface area (Å²) in [6.07, 6.45) is 4.77. The molecule has 3 heterocycles. The first-order chi connectivity index (χ1) is 23.9. The van der Waals surface area contributed by atoms with Gasteiger partial charge in [0, 0.05) is 5.92 Å². The summed E-state index contributed by atoms with van der Waals surface area (Å²) in [5.41, 5.74) is 4.24. The summed E-state index contributed by atoms with van der Waals surface area (Å²) >= 11 is 0. The average molecular weight is 663 g/mol.